The zero-order valence-corrected chi connectivity index (χ0v) is 12.8. The lowest BCUT2D eigenvalue weighted by molar-refractivity contribution is -0.00753. The summed E-state index contributed by atoms with van der Waals surface area (Å²) >= 11 is 2.12. The summed E-state index contributed by atoms with van der Waals surface area (Å²) in [5, 5.41) is 1.47. The molecule has 1 saturated carbocycles. The molecule has 3 nitrogen and oxygen atoms in total. The minimum absolute atomic E-state index is 0.249. The van der Waals surface area contributed by atoms with Crippen LogP contribution in [0.25, 0.3) is 0 Å². The van der Waals surface area contributed by atoms with Crippen molar-refractivity contribution >= 4 is 11.8 Å². The first kappa shape index (κ1) is 14.6. The summed E-state index contributed by atoms with van der Waals surface area (Å²) in [6.45, 7) is 7.89. The van der Waals surface area contributed by atoms with E-state index in [4.69, 9.17) is 10.5 Å². The monoisotopic (exact) mass is 272 g/mol. The number of hydrogen-bond acceptors (Lipinski definition) is 4. The van der Waals surface area contributed by atoms with Gasteiger partial charge >= 0.3 is 0 Å². The van der Waals surface area contributed by atoms with Gasteiger partial charge in [-0.15, -0.1) is 0 Å². The minimum atomic E-state index is 0.249. The number of nitrogens with zero attached hydrogens (tertiary/aromatic N) is 1. The van der Waals surface area contributed by atoms with Crippen LogP contribution in [-0.4, -0.2) is 53.8 Å². The number of thioether (sulfide) groups is 1. The molecule has 0 bridgehead atoms. The van der Waals surface area contributed by atoms with Gasteiger partial charge in [0.05, 0.1) is 6.10 Å². The molecule has 2 N–H and O–H groups in total. The first-order valence-corrected chi connectivity index (χ1v) is 8.17. The minimum Gasteiger partial charge on any atom is -0.381 e. The third-order valence-corrected chi connectivity index (χ3v) is 5.89. The first-order chi connectivity index (χ1) is 8.59. The molecule has 2 fully saturated rings. The Hall–Kier alpha value is 0.230. The standard InChI is InChI=1S/C14H28N2OS/c1-11-8-16(9-12(2)18-11)14(10-15)6-4-13(17-3)5-7-14/h11-13H,4-10,15H2,1-3H3. The van der Waals surface area contributed by atoms with Crippen LogP contribution in [0.15, 0.2) is 0 Å². The van der Waals surface area contributed by atoms with Crippen molar-refractivity contribution in [3.8, 4) is 0 Å². The Labute approximate surface area is 116 Å². The second-order valence-corrected chi connectivity index (χ2v) is 7.91. The molecule has 18 heavy (non-hydrogen) atoms. The van der Waals surface area contributed by atoms with Crippen molar-refractivity contribution < 1.29 is 4.74 Å². The third kappa shape index (κ3) is 3.03. The van der Waals surface area contributed by atoms with Crippen molar-refractivity contribution in [2.45, 2.75) is 61.7 Å². The van der Waals surface area contributed by atoms with E-state index in [1.54, 1.807) is 0 Å². The number of nitrogens with two attached hydrogens (primary N) is 1. The molecule has 1 heterocycles. The molecule has 0 radical (unpaired) electrons. The van der Waals surface area contributed by atoms with Crippen LogP contribution in [0.4, 0.5) is 0 Å². The maximum atomic E-state index is 6.16. The van der Waals surface area contributed by atoms with E-state index in [-0.39, 0.29) is 5.54 Å². The topological polar surface area (TPSA) is 38.5 Å². The maximum absolute atomic E-state index is 6.16. The summed E-state index contributed by atoms with van der Waals surface area (Å²) in [6.07, 6.45) is 5.19. The molecule has 2 unspecified atom stereocenters. The molecule has 0 aromatic heterocycles. The SMILES string of the molecule is COC1CCC(CN)(N2CC(C)SC(C)C2)CC1. The van der Waals surface area contributed by atoms with Crippen molar-refractivity contribution in [3.63, 3.8) is 0 Å². The van der Waals surface area contributed by atoms with E-state index in [2.05, 4.69) is 30.5 Å². The molecule has 1 aliphatic heterocycles. The van der Waals surface area contributed by atoms with E-state index < -0.39 is 0 Å². The fourth-order valence-electron chi connectivity index (χ4n) is 3.58. The summed E-state index contributed by atoms with van der Waals surface area (Å²) in [4.78, 5) is 2.69. The molecule has 0 amide bonds. The van der Waals surface area contributed by atoms with Crippen molar-refractivity contribution in [2.75, 3.05) is 26.7 Å². The lowest BCUT2D eigenvalue weighted by atomic mass is 9.78. The molecule has 1 aliphatic carbocycles. The fraction of sp³-hybridized carbons (Fsp3) is 1.00. The smallest absolute Gasteiger partial charge is 0.0572 e. The van der Waals surface area contributed by atoms with Gasteiger partial charge in [0.2, 0.25) is 0 Å². The summed E-state index contributed by atoms with van der Waals surface area (Å²) in [5.74, 6) is 0. The van der Waals surface area contributed by atoms with Crippen LogP contribution in [0, 0.1) is 0 Å². The normalized spacial score (nSPS) is 43.0. The molecule has 0 spiro atoms. The molecule has 2 rings (SSSR count). The fourth-order valence-corrected chi connectivity index (χ4v) is 4.90. The Bertz CT molecular complexity index is 257. The van der Waals surface area contributed by atoms with E-state index in [0.29, 0.717) is 6.10 Å². The van der Waals surface area contributed by atoms with Gasteiger partial charge in [-0.25, -0.2) is 0 Å². The largest absolute Gasteiger partial charge is 0.381 e. The second-order valence-electron chi connectivity index (χ2n) is 6.03. The Balaban J connectivity index is 2.03. The predicted octanol–water partition coefficient (Wildman–Crippen LogP) is 2.10. The molecule has 0 aromatic carbocycles. The van der Waals surface area contributed by atoms with E-state index in [1.807, 2.05) is 7.11 Å². The highest BCUT2D eigenvalue weighted by atomic mass is 32.2. The Kier molecular flexibility index (Phi) is 4.98. The average molecular weight is 272 g/mol. The number of hydrogen-bond donors (Lipinski definition) is 1. The van der Waals surface area contributed by atoms with Crippen LogP contribution >= 0.6 is 11.8 Å². The molecule has 4 heteroatoms. The summed E-state index contributed by atoms with van der Waals surface area (Å²) < 4.78 is 5.50. The molecule has 2 atom stereocenters. The lowest BCUT2D eigenvalue weighted by Crippen LogP contribution is -2.60. The van der Waals surface area contributed by atoms with Gasteiger partial charge in [-0.1, -0.05) is 13.8 Å². The van der Waals surface area contributed by atoms with Crippen molar-refractivity contribution in [1.82, 2.24) is 4.90 Å². The third-order valence-electron chi connectivity index (χ3n) is 4.67. The van der Waals surface area contributed by atoms with E-state index >= 15 is 0 Å². The highest BCUT2D eigenvalue weighted by Gasteiger charge is 2.41. The highest BCUT2D eigenvalue weighted by molar-refractivity contribution is 8.00. The molecule has 1 saturated heterocycles. The summed E-state index contributed by atoms with van der Waals surface area (Å²) in [7, 11) is 1.84. The molecule has 106 valence electrons. The highest BCUT2D eigenvalue weighted by Crippen LogP contribution is 2.38. The Morgan fingerprint density at radius 3 is 2.22 bits per heavy atom. The van der Waals surface area contributed by atoms with E-state index in [0.717, 1.165) is 17.0 Å². The van der Waals surface area contributed by atoms with E-state index in [9.17, 15) is 0 Å². The van der Waals surface area contributed by atoms with Gasteiger partial charge in [0.25, 0.3) is 0 Å². The zero-order chi connectivity index (χ0) is 13.2. The molecule has 2 aliphatic rings. The Morgan fingerprint density at radius 1 is 1.22 bits per heavy atom. The number of rotatable bonds is 3. The molecule has 0 aromatic rings. The van der Waals surface area contributed by atoms with Gasteiger partial charge in [0, 0.05) is 42.8 Å². The van der Waals surface area contributed by atoms with Gasteiger partial charge < -0.3 is 10.5 Å². The first-order valence-electron chi connectivity index (χ1n) is 7.23. The molecular weight excluding hydrogens is 244 g/mol. The van der Waals surface area contributed by atoms with Crippen LogP contribution in [-0.2, 0) is 4.74 Å². The van der Waals surface area contributed by atoms with Crippen LogP contribution in [0.3, 0.4) is 0 Å². The second kappa shape index (κ2) is 6.12. The predicted molar refractivity (Wildman–Crippen MR) is 79.1 cm³/mol. The maximum Gasteiger partial charge on any atom is 0.0572 e. The quantitative estimate of drug-likeness (QED) is 0.854. The van der Waals surface area contributed by atoms with Gasteiger partial charge in [-0.2, -0.15) is 11.8 Å². The van der Waals surface area contributed by atoms with Crippen molar-refractivity contribution in [1.29, 1.82) is 0 Å². The molecular formula is C14H28N2OS. The van der Waals surface area contributed by atoms with Gasteiger partial charge in [-0.05, 0) is 25.7 Å². The van der Waals surface area contributed by atoms with Gasteiger partial charge in [-0.3, -0.25) is 4.90 Å². The van der Waals surface area contributed by atoms with Crippen LogP contribution in [0.2, 0.25) is 0 Å². The average Bonchev–Trinajstić information content (AvgIpc) is 2.37. The summed E-state index contributed by atoms with van der Waals surface area (Å²) in [6, 6.07) is 0. The zero-order valence-electron chi connectivity index (χ0n) is 12.0. The van der Waals surface area contributed by atoms with Crippen LogP contribution < -0.4 is 5.73 Å². The lowest BCUT2D eigenvalue weighted by Gasteiger charge is -2.51. The van der Waals surface area contributed by atoms with Crippen molar-refractivity contribution in [2.24, 2.45) is 5.73 Å². The summed E-state index contributed by atoms with van der Waals surface area (Å²) in [5.41, 5.74) is 6.41. The Morgan fingerprint density at radius 2 is 1.78 bits per heavy atom. The number of methoxy groups -OCH3 is 1. The van der Waals surface area contributed by atoms with Gasteiger partial charge in [0.1, 0.15) is 0 Å². The van der Waals surface area contributed by atoms with Crippen LogP contribution in [0.5, 0.6) is 0 Å². The number of ether oxygens (including phenoxy) is 1. The van der Waals surface area contributed by atoms with Gasteiger partial charge in [0.15, 0.2) is 0 Å². The van der Waals surface area contributed by atoms with Crippen molar-refractivity contribution in [3.05, 3.63) is 0 Å². The van der Waals surface area contributed by atoms with E-state index in [1.165, 1.54) is 38.8 Å². The van der Waals surface area contributed by atoms with Crippen LogP contribution in [0.1, 0.15) is 39.5 Å².